The third-order valence-electron chi connectivity index (χ3n) is 4.14. The van der Waals surface area contributed by atoms with Gasteiger partial charge in [0.05, 0.1) is 11.3 Å². The number of amides is 1. The van der Waals surface area contributed by atoms with Crippen LogP contribution in [0.5, 0.6) is 0 Å². The number of benzene rings is 3. The highest BCUT2D eigenvalue weighted by atomic mass is 79.9. The van der Waals surface area contributed by atoms with Crippen LogP contribution in [-0.2, 0) is 0 Å². The highest BCUT2D eigenvalue weighted by molar-refractivity contribution is 9.10. The first kappa shape index (κ1) is 15.7. The molecule has 3 aromatic carbocycles. The lowest BCUT2D eigenvalue weighted by atomic mass is 10.0. The highest BCUT2D eigenvalue weighted by Crippen LogP contribution is 2.33. The van der Waals surface area contributed by atoms with E-state index < -0.39 is 0 Å². The number of hydrazine groups is 1. The maximum Gasteiger partial charge on any atom is 0.276 e. The van der Waals surface area contributed by atoms with Crippen molar-refractivity contribution in [3.05, 3.63) is 94.5 Å². The molecule has 4 rings (SSSR count). The van der Waals surface area contributed by atoms with Crippen LogP contribution in [0.3, 0.4) is 0 Å². The Morgan fingerprint density at radius 1 is 0.880 bits per heavy atom. The third kappa shape index (κ3) is 3.10. The molecule has 0 aliphatic carbocycles. The van der Waals surface area contributed by atoms with E-state index in [9.17, 15) is 4.79 Å². The Labute approximate surface area is 154 Å². The lowest BCUT2D eigenvalue weighted by Gasteiger charge is -2.38. The van der Waals surface area contributed by atoms with Crippen LogP contribution >= 0.6 is 15.9 Å². The summed E-state index contributed by atoms with van der Waals surface area (Å²) in [5, 5.41) is 5.10. The number of hydrogen-bond donors (Lipinski definition) is 2. The molecule has 4 nitrogen and oxygen atoms in total. The van der Waals surface area contributed by atoms with Crippen molar-refractivity contribution < 1.29 is 4.79 Å². The van der Waals surface area contributed by atoms with Crippen LogP contribution in [0.2, 0.25) is 0 Å². The van der Waals surface area contributed by atoms with Gasteiger partial charge >= 0.3 is 0 Å². The van der Waals surface area contributed by atoms with E-state index in [-0.39, 0.29) is 12.1 Å². The minimum Gasteiger partial charge on any atom is -0.359 e. The molecule has 0 bridgehead atoms. The Morgan fingerprint density at radius 3 is 2.32 bits per heavy atom. The second-order valence-corrected chi connectivity index (χ2v) is 6.71. The normalized spacial score (nSPS) is 16.1. The van der Waals surface area contributed by atoms with Gasteiger partial charge < -0.3 is 5.32 Å². The Balaban J connectivity index is 1.75. The number of para-hydroxylation sites is 2. The monoisotopic (exact) mass is 393 g/mol. The maximum atomic E-state index is 13.1. The number of hydrogen-bond acceptors (Lipinski definition) is 3. The number of anilines is 2. The van der Waals surface area contributed by atoms with Gasteiger partial charge in [0.1, 0.15) is 6.17 Å². The second-order valence-electron chi connectivity index (χ2n) is 5.80. The molecular weight excluding hydrogens is 378 g/mol. The summed E-state index contributed by atoms with van der Waals surface area (Å²) < 4.78 is 1.00. The molecule has 5 heteroatoms. The Hall–Kier alpha value is -2.79. The van der Waals surface area contributed by atoms with E-state index in [4.69, 9.17) is 0 Å². The van der Waals surface area contributed by atoms with E-state index >= 15 is 0 Å². The molecule has 0 fully saturated rings. The molecule has 0 saturated heterocycles. The molecule has 0 saturated carbocycles. The zero-order valence-electron chi connectivity index (χ0n) is 13.3. The van der Waals surface area contributed by atoms with Crippen LogP contribution in [0.15, 0.2) is 83.3 Å². The van der Waals surface area contributed by atoms with Crippen molar-refractivity contribution in [3.8, 4) is 0 Å². The van der Waals surface area contributed by atoms with Crippen molar-refractivity contribution in [3.63, 3.8) is 0 Å². The lowest BCUT2D eigenvalue weighted by Crippen LogP contribution is -2.46. The van der Waals surface area contributed by atoms with E-state index in [0.29, 0.717) is 5.56 Å². The van der Waals surface area contributed by atoms with Gasteiger partial charge in [0.2, 0.25) is 0 Å². The summed E-state index contributed by atoms with van der Waals surface area (Å²) in [6.07, 6.45) is -0.310. The molecule has 25 heavy (non-hydrogen) atoms. The van der Waals surface area contributed by atoms with Crippen molar-refractivity contribution in [1.29, 1.82) is 0 Å². The Morgan fingerprint density at radius 2 is 1.56 bits per heavy atom. The van der Waals surface area contributed by atoms with Gasteiger partial charge in [-0.15, -0.1) is 0 Å². The standard InChI is InChI=1S/C20H16BrN3O/c21-15-12-10-14(11-13-15)19-22-18-9-5-4-8-17(18)20(25)24(19)23-16-6-2-1-3-7-16/h1-13,19,22-23H. The topological polar surface area (TPSA) is 44.4 Å². The zero-order valence-corrected chi connectivity index (χ0v) is 14.9. The summed E-state index contributed by atoms with van der Waals surface area (Å²) in [5.74, 6) is -0.0638. The molecule has 1 atom stereocenters. The molecular formula is C20H16BrN3O. The SMILES string of the molecule is O=C1c2ccccc2NC(c2ccc(Br)cc2)N1Nc1ccccc1. The van der Waals surface area contributed by atoms with Gasteiger partial charge in [-0.3, -0.25) is 10.2 Å². The van der Waals surface area contributed by atoms with Gasteiger partial charge in [0.15, 0.2) is 0 Å². The first-order valence-electron chi connectivity index (χ1n) is 7.99. The zero-order chi connectivity index (χ0) is 17.2. The van der Waals surface area contributed by atoms with Crippen LogP contribution in [0, 0.1) is 0 Å². The van der Waals surface area contributed by atoms with E-state index in [1.165, 1.54) is 0 Å². The molecule has 0 aromatic heterocycles. The molecule has 124 valence electrons. The summed E-state index contributed by atoms with van der Waals surface area (Å²) in [7, 11) is 0. The van der Waals surface area contributed by atoms with E-state index in [0.717, 1.165) is 21.4 Å². The van der Waals surface area contributed by atoms with Gasteiger partial charge in [-0.1, -0.05) is 58.4 Å². The van der Waals surface area contributed by atoms with Crippen molar-refractivity contribution in [2.24, 2.45) is 0 Å². The summed E-state index contributed by atoms with van der Waals surface area (Å²) in [4.78, 5) is 13.1. The number of nitrogens with zero attached hydrogens (tertiary/aromatic N) is 1. The van der Waals surface area contributed by atoms with Crippen molar-refractivity contribution in [1.82, 2.24) is 5.01 Å². The smallest absolute Gasteiger partial charge is 0.276 e. The van der Waals surface area contributed by atoms with Crippen LogP contribution < -0.4 is 10.7 Å². The number of nitrogens with one attached hydrogen (secondary N) is 2. The average molecular weight is 394 g/mol. The first-order valence-corrected chi connectivity index (χ1v) is 8.78. The van der Waals surface area contributed by atoms with Crippen LogP contribution in [0.1, 0.15) is 22.1 Å². The van der Waals surface area contributed by atoms with Gasteiger partial charge in [0, 0.05) is 10.2 Å². The van der Waals surface area contributed by atoms with Crippen molar-refractivity contribution in [2.75, 3.05) is 10.7 Å². The van der Waals surface area contributed by atoms with Crippen LogP contribution in [0.25, 0.3) is 0 Å². The van der Waals surface area contributed by atoms with Gasteiger partial charge in [0.25, 0.3) is 5.91 Å². The van der Waals surface area contributed by atoms with Gasteiger partial charge in [-0.05, 0) is 42.0 Å². The lowest BCUT2D eigenvalue weighted by molar-refractivity contribution is 0.0733. The average Bonchev–Trinajstić information content (AvgIpc) is 2.65. The van der Waals surface area contributed by atoms with Gasteiger partial charge in [-0.25, -0.2) is 5.01 Å². The van der Waals surface area contributed by atoms with E-state index in [1.54, 1.807) is 5.01 Å². The van der Waals surface area contributed by atoms with Crippen LogP contribution in [-0.4, -0.2) is 10.9 Å². The fourth-order valence-electron chi connectivity index (χ4n) is 2.90. The molecule has 0 spiro atoms. The molecule has 2 N–H and O–H groups in total. The fourth-order valence-corrected chi connectivity index (χ4v) is 3.16. The van der Waals surface area contributed by atoms with Gasteiger partial charge in [-0.2, -0.15) is 0 Å². The summed E-state index contributed by atoms with van der Waals surface area (Å²) in [6, 6.07) is 25.2. The number of halogens is 1. The predicted octanol–water partition coefficient (Wildman–Crippen LogP) is 5.04. The third-order valence-corrected chi connectivity index (χ3v) is 4.66. The molecule has 1 unspecified atom stereocenters. The molecule has 0 radical (unpaired) electrons. The molecule has 1 amide bonds. The molecule has 1 aliphatic rings. The summed E-state index contributed by atoms with van der Waals surface area (Å²) >= 11 is 3.46. The van der Waals surface area contributed by atoms with E-state index in [2.05, 4.69) is 26.7 Å². The summed E-state index contributed by atoms with van der Waals surface area (Å²) in [5.41, 5.74) is 6.59. The number of rotatable bonds is 3. The van der Waals surface area contributed by atoms with Crippen LogP contribution in [0.4, 0.5) is 11.4 Å². The Bertz CT molecular complexity index is 896. The minimum atomic E-state index is -0.310. The number of carbonyl (C=O) groups is 1. The summed E-state index contributed by atoms with van der Waals surface area (Å²) in [6.45, 7) is 0. The Kier molecular flexibility index (Phi) is 4.15. The van der Waals surface area contributed by atoms with E-state index in [1.807, 2.05) is 78.9 Å². The largest absolute Gasteiger partial charge is 0.359 e. The predicted molar refractivity (Wildman–Crippen MR) is 103 cm³/mol. The molecule has 1 aliphatic heterocycles. The maximum absolute atomic E-state index is 13.1. The quantitative estimate of drug-likeness (QED) is 0.654. The highest BCUT2D eigenvalue weighted by Gasteiger charge is 2.33. The van der Waals surface area contributed by atoms with Crippen molar-refractivity contribution in [2.45, 2.75) is 6.17 Å². The van der Waals surface area contributed by atoms with Crippen molar-refractivity contribution >= 4 is 33.2 Å². The fraction of sp³-hybridized carbons (Fsp3) is 0.0500. The second kappa shape index (κ2) is 6.61. The molecule has 3 aromatic rings. The first-order chi connectivity index (χ1) is 12.2. The minimum absolute atomic E-state index is 0.0638. The molecule has 1 heterocycles. The number of carbonyl (C=O) groups excluding carboxylic acids is 1. The number of fused-ring (bicyclic) bond motifs is 1.